The van der Waals surface area contributed by atoms with E-state index in [4.69, 9.17) is 25.9 Å². The van der Waals surface area contributed by atoms with E-state index in [1.54, 1.807) is 4.90 Å². The maximum absolute atomic E-state index is 12.1. The lowest BCUT2D eigenvalue weighted by Crippen LogP contribution is -2.36. The van der Waals surface area contributed by atoms with Gasteiger partial charge in [0.25, 0.3) is 0 Å². The molecule has 2 heterocycles. The number of pyridine rings is 1. The number of nitrogen functional groups attached to an aromatic ring is 1. The van der Waals surface area contributed by atoms with Crippen LogP contribution in [0.1, 0.15) is 31.2 Å². The highest BCUT2D eigenvalue weighted by atomic mass is 16.5. The number of aryl methyl sites for hydroxylation is 1. The molecule has 0 saturated carbocycles. The summed E-state index contributed by atoms with van der Waals surface area (Å²) in [5.74, 6) is 1.90. The molecule has 2 aromatic heterocycles. The summed E-state index contributed by atoms with van der Waals surface area (Å²) in [6.45, 7) is 4.51. The summed E-state index contributed by atoms with van der Waals surface area (Å²) in [6, 6.07) is 24.9. The Morgan fingerprint density at radius 3 is 2.42 bits per heavy atom. The number of nitrogens with two attached hydrogens (primary N) is 2. The van der Waals surface area contributed by atoms with E-state index in [9.17, 15) is 4.79 Å². The number of urea groups is 1. The van der Waals surface area contributed by atoms with E-state index in [0.29, 0.717) is 44.2 Å². The van der Waals surface area contributed by atoms with Gasteiger partial charge in [0.05, 0.1) is 11.0 Å². The van der Waals surface area contributed by atoms with Crippen molar-refractivity contribution in [3.63, 3.8) is 0 Å². The van der Waals surface area contributed by atoms with Gasteiger partial charge in [-0.05, 0) is 55.7 Å². The first kappa shape index (κ1) is 27.0. The second-order valence-corrected chi connectivity index (χ2v) is 9.50. The van der Waals surface area contributed by atoms with E-state index in [-0.39, 0.29) is 0 Å². The summed E-state index contributed by atoms with van der Waals surface area (Å²) >= 11 is 0. The highest BCUT2D eigenvalue weighted by Crippen LogP contribution is 2.32. The zero-order valence-corrected chi connectivity index (χ0v) is 22.6. The van der Waals surface area contributed by atoms with Crippen molar-refractivity contribution in [1.82, 2.24) is 14.5 Å². The molecule has 2 amide bonds. The normalized spacial score (nSPS) is 11.2. The summed E-state index contributed by atoms with van der Waals surface area (Å²) in [7, 11) is 0. The van der Waals surface area contributed by atoms with Gasteiger partial charge in [0.2, 0.25) is 0 Å². The molecule has 0 unspecified atom stereocenters. The number of imidazole rings is 1. The Morgan fingerprint density at radius 2 is 1.70 bits per heavy atom. The third-order valence-corrected chi connectivity index (χ3v) is 6.78. The fraction of sp³-hybridized carbons (Fsp3) is 0.258. The topological polar surface area (TPSA) is 122 Å². The molecule has 0 bridgehead atoms. The van der Waals surface area contributed by atoms with Crippen molar-refractivity contribution in [1.29, 1.82) is 0 Å². The van der Waals surface area contributed by atoms with Crippen molar-refractivity contribution < 1.29 is 14.3 Å². The van der Waals surface area contributed by atoms with Crippen LogP contribution in [0.25, 0.3) is 21.9 Å². The molecule has 0 fully saturated rings. The minimum absolute atomic E-state index is 0.355. The van der Waals surface area contributed by atoms with E-state index in [0.717, 1.165) is 52.1 Å². The zero-order valence-electron chi connectivity index (χ0n) is 22.6. The van der Waals surface area contributed by atoms with Crippen LogP contribution >= 0.6 is 0 Å². The lowest BCUT2D eigenvalue weighted by atomic mass is 10.1. The fourth-order valence-electron chi connectivity index (χ4n) is 4.83. The molecular weight excluding hydrogens is 504 g/mol. The number of primary amides is 1. The van der Waals surface area contributed by atoms with Crippen molar-refractivity contribution in [3.05, 3.63) is 90.3 Å². The van der Waals surface area contributed by atoms with Crippen LogP contribution in [0.3, 0.4) is 0 Å². The number of rotatable bonds is 12. The lowest BCUT2D eigenvalue weighted by Gasteiger charge is -2.20. The maximum atomic E-state index is 12.1. The van der Waals surface area contributed by atoms with Crippen molar-refractivity contribution >= 4 is 39.5 Å². The van der Waals surface area contributed by atoms with Gasteiger partial charge in [-0.25, -0.2) is 14.8 Å². The number of unbranched alkanes of at least 4 members (excludes halogenated alkanes) is 1. The largest absolute Gasteiger partial charge is 0.489 e. The van der Waals surface area contributed by atoms with Gasteiger partial charge in [-0.3, -0.25) is 4.90 Å². The highest BCUT2D eigenvalue weighted by molar-refractivity contribution is 6.07. The van der Waals surface area contributed by atoms with Gasteiger partial charge in [0.15, 0.2) is 5.82 Å². The van der Waals surface area contributed by atoms with Gasteiger partial charge in [-0.1, -0.05) is 48.5 Å². The Hall–Kier alpha value is -4.63. The minimum Gasteiger partial charge on any atom is -0.489 e. The zero-order chi connectivity index (χ0) is 27.9. The number of fused-ring (bicyclic) bond motifs is 3. The number of hydrogen-bond donors (Lipinski definition) is 2. The molecule has 0 aliphatic heterocycles. The van der Waals surface area contributed by atoms with Crippen LogP contribution in [0.5, 0.6) is 5.75 Å². The van der Waals surface area contributed by atoms with Crippen LogP contribution in [-0.4, -0.2) is 33.7 Å². The predicted octanol–water partition coefficient (Wildman–Crippen LogP) is 5.65. The molecule has 5 aromatic rings. The number of aromatic nitrogens is 3. The van der Waals surface area contributed by atoms with Crippen LogP contribution in [0.15, 0.2) is 78.9 Å². The van der Waals surface area contributed by atoms with Crippen LogP contribution < -0.4 is 21.1 Å². The Morgan fingerprint density at radius 1 is 0.950 bits per heavy atom. The minimum atomic E-state index is -0.468. The molecule has 0 atom stereocenters. The van der Waals surface area contributed by atoms with Gasteiger partial charge >= 0.3 is 6.03 Å². The van der Waals surface area contributed by atoms with Gasteiger partial charge in [-0.2, -0.15) is 0 Å². The third-order valence-electron chi connectivity index (χ3n) is 6.78. The Bertz CT molecular complexity index is 1590. The molecule has 0 aliphatic carbocycles. The van der Waals surface area contributed by atoms with E-state index in [1.165, 1.54) is 0 Å². The summed E-state index contributed by atoms with van der Waals surface area (Å²) in [6.07, 6.45) is 1.53. The van der Waals surface area contributed by atoms with Gasteiger partial charge in [0.1, 0.15) is 30.3 Å². The number of para-hydroxylation sites is 1. The molecular formula is C31H34N6O3. The number of nitrogens with zero attached hydrogens (tertiary/aromatic N) is 4. The van der Waals surface area contributed by atoms with Crippen molar-refractivity contribution in [3.8, 4) is 5.75 Å². The van der Waals surface area contributed by atoms with Gasteiger partial charge in [-0.15, -0.1) is 0 Å². The molecule has 5 rings (SSSR count). The molecule has 9 heteroatoms. The van der Waals surface area contributed by atoms with E-state index >= 15 is 0 Å². The highest BCUT2D eigenvalue weighted by Gasteiger charge is 2.19. The molecule has 9 nitrogen and oxygen atoms in total. The lowest BCUT2D eigenvalue weighted by molar-refractivity contribution is 0.126. The molecule has 0 radical (unpaired) electrons. The number of carbonyl (C=O) groups excluding carboxylic acids is 1. The monoisotopic (exact) mass is 538 g/mol. The first-order valence-corrected chi connectivity index (χ1v) is 13.5. The van der Waals surface area contributed by atoms with Crippen LogP contribution in [0, 0.1) is 0 Å². The first-order chi connectivity index (χ1) is 19.5. The third kappa shape index (κ3) is 6.00. The summed E-state index contributed by atoms with van der Waals surface area (Å²) in [5.41, 5.74) is 16.2. The Kier molecular flexibility index (Phi) is 8.41. The molecule has 4 N–H and O–H groups in total. The first-order valence-electron chi connectivity index (χ1n) is 13.5. The van der Waals surface area contributed by atoms with Gasteiger partial charge < -0.3 is 25.5 Å². The Balaban J connectivity index is 1.43. The summed E-state index contributed by atoms with van der Waals surface area (Å²) in [5, 5.41) is 0.910. The van der Waals surface area contributed by atoms with Crippen LogP contribution in [0.4, 0.5) is 16.3 Å². The second-order valence-electron chi connectivity index (χ2n) is 9.50. The van der Waals surface area contributed by atoms with Gasteiger partial charge in [0, 0.05) is 30.8 Å². The number of amides is 2. The maximum Gasteiger partial charge on any atom is 0.319 e. The predicted molar refractivity (Wildman–Crippen MR) is 158 cm³/mol. The van der Waals surface area contributed by atoms with E-state index < -0.39 is 6.03 Å². The standard InChI is InChI=1S/C31H34N6O3/c1-2-39-21-27-35-28-29(37(27)18-10-9-17-36(31(33)38)23-13-7-4-8-14-23)25-19-24(15-16-26(25)34-30(28)32)40-20-22-11-5-3-6-12-22/h3-8,11-16,19H,2,9-10,17-18,20-21H2,1H3,(H2,32,34)(H2,33,38). The van der Waals surface area contributed by atoms with Crippen LogP contribution in [0.2, 0.25) is 0 Å². The number of carbonyl (C=O) groups is 1. The molecule has 0 saturated heterocycles. The molecule has 0 aliphatic rings. The van der Waals surface area contributed by atoms with Crippen molar-refractivity contribution in [2.75, 3.05) is 23.8 Å². The molecule has 40 heavy (non-hydrogen) atoms. The number of benzene rings is 3. The number of hydrogen-bond acceptors (Lipinski definition) is 6. The Labute approximate surface area is 233 Å². The summed E-state index contributed by atoms with van der Waals surface area (Å²) in [4.78, 5) is 23.2. The SMILES string of the molecule is CCOCc1nc2c(N)nc3ccc(OCc4ccccc4)cc3c2n1CCCCN(C(N)=O)c1ccccc1. The smallest absolute Gasteiger partial charge is 0.319 e. The second kappa shape index (κ2) is 12.5. The molecule has 206 valence electrons. The average Bonchev–Trinajstić information content (AvgIpc) is 3.35. The number of ether oxygens (including phenoxy) is 2. The number of anilines is 2. The molecule has 0 spiro atoms. The van der Waals surface area contributed by atoms with Crippen molar-refractivity contribution in [2.24, 2.45) is 5.73 Å². The molecule has 3 aromatic carbocycles. The van der Waals surface area contributed by atoms with E-state index in [1.807, 2.05) is 85.8 Å². The van der Waals surface area contributed by atoms with Crippen LogP contribution in [-0.2, 0) is 24.5 Å². The van der Waals surface area contributed by atoms with E-state index in [2.05, 4.69) is 9.55 Å². The quantitative estimate of drug-likeness (QED) is 0.198. The average molecular weight is 539 g/mol. The van der Waals surface area contributed by atoms with Crippen molar-refractivity contribution in [2.45, 2.75) is 39.5 Å². The summed E-state index contributed by atoms with van der Waals surface area (Å²) < 4.78 is 14.0. The fourth-order valence-corrected chi connectivity index (χ4v) is 4.83.